The summed E-state index contributed by atoms with van der Waals surface area (Å²) in [4.78, 5) is 54.1. The number of carbonyl (C=O) groups is 4. The minimum Gasteiger partial charge on any atom is -0.497 e. The molecule has 13 heteroatoms. The van der Waals surface area contributed by atoms with E-state index in [1.54, 1.807) is 21.0 Å². The number of unbranched alkanes of at least 4 members (excludes halogenated alkanes) is 1. The molecule has 0 bridgehead atoms. The summed E-state index contributed by atoms with van der Waals surface area (Å²) in [5, 5.41) is 9.67. The zero-order valence-corrected chi connectivity index (χ0v) is 44.4. The van der Waals surface area contributed by atoms with E-state index in [1.807, 2.05) is 48.5 Å². The number of ether oxygens (including phenoxy) is 2. The van der Waals surface area contributed by atoms with E-state index in [9.17, 15) is 23.7 Å². The molecule has 7 rings (SSSR count). The van der Waals surface area contributed by atoms with Gasteiger partial charge in [0.05, 0.1) is 26.7 Å². The van der Waals surface area contributed by atoms with E-state index in [0.29, 0.717) is 24.5 Å². The summed E-state index contributed by atoms with van der Waals surface area (Å²) in [6.07, 6.45) is 11.9. The van der Waals surface area contributed by atoms with Gasteiger partial charge in [-0.15, -0.1) is 0 Å². The summed E-state index contributed by atoms with van der Waals surface area (Å²) in [5.41, 5.74) is 2.28. The van der Waals surface area contributed by atoms with E-state index < -0.39 is 18.8 Å². The zero-order valence-electron chi connectivity index (χ0n) is 43.5. The Morgan fingerprint density at radius 1 is 0.797 bits per heavy atom. The number of ketones is 1. The fourth-order valence-electron chi connectivity index (χ4n) is 14.5. The van der Waals surface area contributed by atoms with Gasteiger partial charge in [-0.1, -0.05) is 78.3 Å². The maximum absolute atomic E-state index is 14.9. The molecule has 12 nitrogen and oxygen atoms in total. The van der Waals surface area contributed by atoms with Crippen molar-refractivity contribution in [1.29, 1.82) is 0 Å². The van der Waals surface area contributed by atoms with Crippen molar-refractivity contribution in [2.24, 2.45) is 50.2 Å². The lowest BCUT2D eigenvalue weighted by Gasteiger charge is -2.70. The van der Waals surface area contributed by atoms with Crippen LogP contribution >= 0.6 is 7.60 Å². The van der Waals surface area contributed by atoms with Crippen molar-refractivity contribution in [2.45, 2.75) is 158 Å². The molecule has 2 aromatic carbocycles. The average molecular weight is 972 g/mol. The third-order valence-corrected chi connectivity index (χ3v) is 20.9. The minimum absolute atomic E-state index is 0.0387. The highest BCUT2D eigenvalue weighted by Crippen LogP contribution is 2.75. The molecule has 4 saturated carbocycles. The van der Waals surface area contributed by atoms with Gasteiger partial charge in [0, 0.05) is 42.4 Å². The van der Waals surface area contributed by atoms with E-state index >= 15 is 0 Å². The molecule has 0 radical (unpaired) electrons. The lowest BCUT2D eigenvalue weighted by Crippen LogP contribution is -2.66. The molecule has 2 aromatic rings. The molecule has 1 unspecified atom stereocenters. The van der Waals surface area contributed by atoms with Crippen LogP contribution in [-0.4, -0.2) is 63.1 Å². The molecule has 0 aliphatic heterocycles. The summed E-state index contributed by atoms with van der Waals surface area (Å²) in [5.74, 6) is 0.278. The van der Waals surface area contributed by atoms with Crippen molar-refractivity contribution in [2.75, 3.05) is 38.7 Å². The molecule has 0 spiro atoms. The highest BCUT2D eigenvalue weighted by atomic mass is 31.2. The van der Waals surface area contributed by atoms with Crippen molar-refractivity contribution in [1.82, 2.24) is 10.6 Å². The van der Waals surface area contributed by atoms with Crippen molar-refractivity contribution < 1.29 is 42.3 Å². The molecule has 0 saturated heterocycles. The van der Waals surface area contributed by atoms with Crippen LogP contribution in [0.2, 0.25) is 0 Å². The Bertz CT molecular complexity index is 2290. The third kappa shape index (κ3) is 9.98. The van der Waals surface area contributed by atoms with Crippen molar-refractivity contribution in [3.05, 3.63) is 71.3 Å². The van der Waals surface area contributed by atoms with E-state index in [-0.39, 0.29) is 94.1 Å². The van der Waals surface area contributed by atoms with Gasteiger partial charge in [-0.05, 0) is 159 Å². The first-order valence-corrected chi connectivity index (χ1v) is 27.5. The summed E-state index contributed by atoms with van der Waals surface area (Å²) >= 11 is 0. The first-order valence-electron chi connectivity index (χ1n) is 25.9. The van der Waals surface area contributed by atoms with Gasteiger partial charge in [-0.25, -0.2) is 0 Å². The first kappa shape index (κ1) is 52.8. The van der Waals surface area contributed by atoms with Crippen LogP contribution in [0.4, 0.5) is 5.69 Å². The zero-order chi connectivity index (χ0) is 50.2. The SMILES string of the molecule is CCOP(=O)(OCC)C(Nc1ccc(CC(=O)NCCCCNC(=O)[C@@]2(C)CC[C@]3(C)CC[C@]4(C)C(=CC(=O)[C@@H]5[C@@]6(C)CC[C@H](OC(C)=O)C(C)(C)[C@@H]6CC[C@]54C)[C@@H]3C2)cc1)c1ccc(OC)cc1. The molecular formula is C56H82N3O9P. The molecule has 5 aliphatic rings. The molecule has 0 heterocycles. The number of nitrogens with one attached hydrogen (secondary N) is 3. The maximum atomic E-state index is 14.9. The Labute approximate surface area is 412 Å². The lowest BCUT2D eigenvalue weighted by molar-refractivity contribution is -0.210. The smallest absolute Gasteiger partial charge is 0.357 e. The van der Waals surface area contributed by atoms with E-state index in [4.69, 9.17) is 18.5 Å². The molecule has 3 N–H and O–H groups in total. The quantitative estimate of drug-likeness (QED) is 0.0746. The number of anilines is 1. The van der Waals surface area contributed by atoms with Gasteiger partial charge in [-0.3, -0.25) is 23.7 Å². The number of amides is 2. The molecule has 5 aliphatic carbocycles. The Morgan fingerprint density at radius 3 is 2.06 bits per heavy atom. The van der Waals surface area contributed by atoms with Crippen molar-refractivity contribution in [3.63, 3.8) is 0 Å². The fraction of sp³-hybridized carbons (Fsp3) is 0.679. The molecule has 69 heavy (non-hydrogen) atoms. The summed E-state index contributed by atoms with van der Waals surface area (Å²) in [6, 6.07) is 14.8. The van der Waals surface area contributed by atoms with Crippen LogP contribution in [0.3, 0.4) is 0 Å². The van der Waals surface area contributed by atoms with Crippen molar-refractivity contribution in [3.8, 4) is 5.75 Å². The number of benzene rings is 2. The van der Waals surface area contributed by atoms with Crippen LogP contribution in [-0.2, 0) is 43.9 Å². The van der Waals surface area contributed by atoms with Crippen LogP contribution in [0, 0.1) is 50.2 Å². The maximum Gasteiger partial charge on any atom is 0.357 e. The lowest BCUT2D eigenvalue weighted by atomic mass is 9.33. The van der Waals surface area contributed by atoms with Crippen LogP contribution in [0.5, 0.6) is 5.75 Å². The second-order valence-electron chi connectivity index (χ2n) is 23.1. The van der Waals surface area contributed by atoms with Gasteiger partial charge in [0.2, 0.25) is 11.8 Å². The molecule has 0 aromatic heterocycles. The average Bonchev–Trinajstić information content (AvgIpc) is 3.29. The normalized spacial score (nSPS) is 33.0. The molecule has 10 atom stereocenters. The Balaban J connectivity index is 0.915. The minimum atomic E-state index is -3.61. The Hall–Kier alpha value is -3.99. The number of hydrogen-bond acceptors (Lipinski definition) is 10. The second kappa shape index (κ2) is 20.3. The van der Waals surface area contributed by atoms with Gasteiger partial charge in [0.1, 0.15) is 11.9 Å². The van der Waals surface area contributed by atoms with Gasteiger partial charge in [0.25, 0.3) is 0 Å². The predicted octanol–water partition coefficient (Wildman–Crippen LogP) is 11.5. The highest BCUT2D eigenvalue weighted by Gasteiger charge is 2.70. The number of carbonyl (C=O) groups excluding carboxylic acids is 4. The van der Waals surface area contributed by atoms with Crippen LogP contribution in [0.1, 0.15) is 157 Å². The van der Waals surface area contributed by atoms with Gasteiger partial charge in [0.15, 0.2) is 11.6 Å². The monoisotopic (exact) mass is 972 g/mol. The number of fused-ring (bicyclic) bond motifs is 7. The number of esters is 1. The predicted molar refractivity (Wildman–Crippen MR) is 271 cm³/mol. The van der Waals surface area contributed by atoms with E-state index in [0.717, 1.165) is 81.8 Å². The summed E-state index contributed by atoms with van der Waals surface area (Å²) in [7, 11) is -2.01. The van der Waals surface area contributed by atoms with Crippen LogP contribution in [0.25, 0.3) is 0 Å². The van der Waals surface area contributed by atoms with Crippen LogP contribution in [0.15, 0.2) is 60.2 Å². The van der Waals surface area contributed by atoms with Gasteiger partial charge < -0.3 is 34.5 Å². The van der Waals surface area contributed by atoms with Crippen molar-refractivity contribution >= 4 is 36.9 Å². The number of methoxy groups -OCH3 is 1. The topological polar surface area (TPSA) is 158 Å². The van der Waals surface area contributed by atoms with E-state index in [2.05, 4.69) is 70.5 Å². The van der Waals surface area contributed by atoms with Gasteiger partial charge in [-0.2, -0.15) is 0 Å². The Kier molecular flexibility index (Phi) is 15.5. The summed E-state index contributed by atoms with van der Waals surface area (Å²) in [6.45, 7) is 22.8. The molecule has 380 valence electrons. The third-order valence-electron chi connectivity index (χ3n) is 18.6. The number of rotatable bonds is 18. The molecule has 2 amide bonds. The second-order valence-corrected chi connectivity index (χ2v) is 25.2. The highest BCUT2D eigenvalue weighted by molar-refractivity contribution is 7.54. The Morgan fingerprint density at radius 2 is 1.43 bits per heavy atom. The molecule has 4 fully saturated rings. The number of hydrogen-bond donors (Lipinski definition) is 3. The first-order chi connectivity index (χ1) is 32.5. The largest absolute Gasteiger partial charge is 0.497 e. The van der Waals surface area contributed by atoms with Crippen LogP contribution < -0.4 is 20.7 Å². The van der Waals surface area contributed by atoms with Gasteiger partial charge >= 0.3 is 13.6 Å². The standard InChI is InChI=1S/C56H82N3O9P/c1-12-66-69(64,67-13-2)49(39-18-22-41(65-11)23-19-39)59-40-20-16-38(17-21-40)34-47(62)57-32-14-15-33-58-50(63)53(7)29-28-52(6)30-31-55(9)42(43(52)36-53)35-44(61)48-54(8)26-25-46(68-37(3)60)51(4,5)45(54)24-27-56(48,55)10/h16-23,35,43,45-46,48-49,59H,12-15,24-34,36H2,1-11H3,(H,57,62)(H,58,63)/t43-,45-,46-,48+,49?,52+,53-,54-,55+,56+/m0/s1. The molecular weight excluding hydrogens is 890 g/mol. The van der Waals surface area contributed by atoms with E-state index in [1.165, 1.54) is 12.5 Å². The fourth-order valence-corrected chi connectivity index (χ4v) is 16.4. The summed E-state index contributed by atoms with van der Waals surface area (Å²) < 4.78 is 36.7. The number of allylic oxidation sites excluding steroid dienone is 2.